The second-order valence-corrected chi connectivity index (χ2v) is 3.77. The van der Waals surface area contributed by atoms with Gasteiger partial charge in [-0.05, 0) is 25.4 Å². The van der Waals surface area contributed by atoms with Crippen molar-refractivity contribution >= 4 is 23.6 Å². The Morgan fingerprint density at radius 1 is 1.50 bits per heavy atom. The van der Waals surface area contributed by atoms with Gasteiger partial charge in [-0.15, -0.1) is 0 Å². The third kappa shape index (κ3) is 5.85. The summed E-state index contributed by atoms with van der Waals surface area (Å²) < 4.78 is 4.84. The molecule has 0 bridgehead atoms. The first kappa shape index (κ1) is 13.3. The van der Waals surface area contributed by atoms with Crippen molar-refractivity contribution < 1.29 is 14.3 Å². The molecule has 0 fully saturated rings. The maximum atomic E-state index is 11.3. The molecule has 1 atom stereocenters. The first-order valence-electron chi connectivity index (χ1n) is 4.54. The quantitative estimate of drug-likeness (QED) is 0.672. The fourth-order valence-corrected chi connectivity index (χ4v) is 1.44. The summed E-state index contributed by atoms with van der Waals surface area (Å²) in [4.78, 5) is 22.1. The Morgan fingerprint density at radius 2 is 2.14 bits per heavy atom. The first-order chi connectivity index (χ1) is 6.61. The molecule has 1 N–H and O–H groups in total. The Labute approximate surface area is 88.8 Å². The number of amides is 1. The molecule has 1 amide bonds. The van der Waals surface area contributed by atoms with Crippen molar-refractivity contribution in [3.8, 4) is 0 Å². The van der Waals surface area contributed by atoms with E-state index in [2.05, 4.69) is 5.32 Å². The van der Waals surface area contributed by atoms with Gasteiger partial charge in [0.25, 0.3) is 0 Å². The third-order valence-electron chi connectivity index (χ3n) is 1.56. The largest absolute Gasteiger partial charge is 0.464 e. The zero-order valence-electron chi connectivity index (χ0n) is 8.83. The normalized spacial score (nSPS) is 11.9. The lowest BCUT2D eigenvalue weighted by atomic mass is 10.2. The van der Waals surface area contributed by atoms with Crippen LogP contribution in [-0.2, 0) is 14.3 Å². The summed E-state index contributed by atoms with van der Waals surface area (Å²) in [6.45, 7) is 3.48. The fourth-order valence-electron chi connectivity index (χ4n) is 0.973. The topological polar surface area (TPSA) is 55.4 Å². The van der Waals surface area contributed by atoms with E-state index >= 15 is 0 Å². The summed E-state index contributed by atoms with van der Waals surface area (Å²) in [6.07, 6.45) is 2.57. The van der Waals surface area contributed by atoms with E-state index in [4.69, 9.17) is 4.74 Å². The maximum absolute atomic E-state index is 11.3. The van der Waals surface area contributed by atoms with Gasteiger partial charge in [0, 0.05) is 6.92 Å². The van der Waals surface area contributed by atoms with E-state index in [0.29, 0.717) is 13.0 Å². The van der Waals surface area contributed by atoms with Crippen LogP contribution in [0.1, 0.15) is 20.3 Å². The lowest BCUT2D eigenvalue weighted by Crippen LogP contribution is -2.41. The number of nitrogens with one attached hydrogen (secondary N) is 1. The molecule has 0 aromatic heterocycles. The van der Waals surface area contributed by atoms with Gasteiger partial charge in [0.05, 0.1) is 6.61 Å². The van der Waals surface area contributed by atoms with Crippen molar-refractivity contribution in [2.24, 2.45) is 0 Å². The number of rotatable bonds is 6. The smallest absolute Gasteiger partial charge is 0.328 e. The highest BCUT2D eigenvalue weighted by molar-refractivity contribution is 7.98. The average Bonchev–Trinajstić information content (AvgIpc) is 2.12. The number of hydrogen-bond donors (Lipinski definition) is 1. The van der Waals surface area contributed by atoms with Gasteiger partial charge in [0.1, 0.15) is 6.04 Å². The molecule has 0 aliphatic carbocycles. The Morgan fingerprint density at radius 3 is 2.57 bits per heavy atom. The standard InChI is InChI=1S/C9H17NO3S/c1-4-13-9(12)8(5-6-14-3)10-7(2)11/h8H,4-6H2,1-3H3,(H,10,11)/t8-/m1/s1. The molecule has 5 heteroatoms. The summed E-state index contributed by atoms with van der Waals surface area (Å²) in [6, 6.07) is -0.500. The molecule has 0 unspecified atom stereocenters. The molecular weight excluding hydrogens is 202 g/mol. The monoisotopic (exact) mass is 219 g/mol. The van der Waals surface area contributed by atoms with Crippen LogP contribution in [0.2, 0.25) is 0 Å². The molecule has 0 rings (SSSR count). The molecule has 0 radical (unpaired) electrons. The number of ether oxygens (including phenoxy) is 1. The molecule has 0 aromatic carbocycles. The van der Waals surface area contributed by atoms with E-state index in [0.717, 1.165) is 5.75 Å². The van der Waals surface area contributed by atoms with Gasteiger partial charge in [-0.25, -0.2) is 4.79 Å². The number of carbonyl (C=O) groups excluding carboxylic acids is 2. The van der Waals surface area contributed by atoms with Crippen LogP contribution in [0, 0.1) is 0 Å². The van der Waals surface area contributed by atoms with Crippen LogP contribution in [0.3, 0.4) is 0 Å². The van der Waals surface area contributed by atoms with Crippen molar-refractivity contribution in [3.05, 3.63) is 0 Å². The molecule has 0 saturated carbocycles. The van der Waals surface area contributed by atoms with Gasteiger partial charge < -0.3 is 10.1 Å². The van der Waals surface area contributed by atoms with Crippen LogP contribution in [-0.4, -0.2) is 36.5 Å². The van der Waals surface area contributed by atoms with Crippen LogP contribution in [0.4, 0.5) is 0 Å². The average molecular weight is 219 g/mol. The minimum Gasteiger partial charge on any atom is -0.464 e. The molecule has 14 heavy (non-hydrogen) atoms. The lowest BCUT2D eigenvalue weighted by molar-refractivity contribution is -0.147. The van der Waals surface area contributed by atoms with Crippen molar-refractivity contribution in [2.75, 3.05) is 18.6 Å². The van der Waals surface area contributed by atoms with E-state index in [-0.39, 0.29) is 11.9 Å². The Balaban J connectivity index is 4.08. The van der Waals surface area contributed by atoms with Crippen molar-refractivity contribution in [1.82, 2.24) is 5.32 Å². The minimum absolute atomic E-state index is 0.204. The molecule has 0 aromatic rings. The van der Waals surface area contributed by atoms with Crippen molar-refractivity contribution in [1.29, 1.82) is 0 Å². The van der Waals surface area contributed by atoms with Crippen LogP contribution in [0.5, 0.6) is 0 Å². The van der Waals surface area contributed by atoms with E-state index in [1.165, 1.54) is 6.92 Å². The second-order valence-electron chi connectivity index (χ2n) is 2.79. The SMILES string of the molecule is CCOC(=O)[C@@H](CCSC)NC(C)=O. The Kier molecular flexibility index (Phi) is 7.28. The van der Waals surface area contributed by atoms with Gasteiger partial charge in [-0.3, -0.25) is 4.79 Å². The Hall–Kier alpha value is -0.710. The highest BCUT2D eigenvalue weighted by Gasteiger charge is 2.19. The number of thioether (sulfide) groups is 1. The minimum atomic E-state index is -0.500. The van der Waals surface area contributed by atoms with Gasteiger partial charge >= 0.3 is 5.97 Å². The summed E-state index contributed by atoms with van der Waals surface area (Å²) in [5, 5.41) is 2.57. The zero-order chi connectivity index (χ0) is 11.0. The maximum Gasteiger partial charge on any atom is 0.328 e. The molecule has 0 heterocycles. The summed E-state index contributed by atoms with van der Waals surface area (Å²) in [7, 11) is 0. The number of carbonyl (C=O) groups is 2. The molecule has 0 aliphatic heterocycles. The Bertz CT molecular complexity index is 196. The van der Waals surface area contributed by atoms with Crippen molar-refractivity contribution in [2.45, 2.75) is 26.3 Å². The van der Waals surface area contributed by atoms with Gasteiger partial charge in [0.15, 0.2) is 0 Å². The van der Waals surface area contributed by atoms with Crippen LogP contribution >= 0.6 is 11.8 Å². The van der Waals surface area contributed by atoms with Crippen LogP contribution in [0.25, 0.3) is 0 Å². The molecule has 0 spiro atoms. The summed E-state index contributed by atoms with van der Waals surface area (Å²) in [5.41, 5.74) is 0. The highest BCUT2D eigenvalue weighted by Crippen LogP contribution is 2.02. The zero-order valence-corrected chi connectivity index (χ0v) is 9.65. The molecule has 0 saturated heterocycles. The third-order valence-corrected chi connectivity index (χ3v) is 2.20. The van der Waals surface area contributed by atoms with E-state index in [1.54, 1.807) is 18.7 Å². The van der Waals surface area contributed by atoms with E-state index in [1.807, 2.05) is 6.26 Å². The fraction of sp³-hybridized carbons (Fsp3) is 0.778. The molecule has 82 valence electrons. The van der Waals surface area contributed by atoms with Gasteiger partial charge in [-0.1, -0.05) is 0 Å². The first-order valence-corrected chi connectivity index (χ1v) is 5.93. The molecule has 4 nitrogen and oxygen atoms in total. The van der Waals surface area contributed by atoms with Crippen molar-refractivity contribution in [3.63, 3.8) is 0 Å². The number of esters is 1. The number of hydrogen-bond acceptors (Lipinski definition) is 4. The van der Waals surface area contributed by atoms with Crippen LogP contribution < -0.4 is 5.32 Å². The van der Waals surface area contributed by atoms with E-state index in [9.17, 15) is 9.59 Å². The van der Waals surface area contributed by atoms with Crippen LogP contribution in [0.15, 0.2) is 0 Å². The summed E-state index contributed by atoms with van der Waals surface area (Å²) in [5.74, 6) is 0.268. The lowest BCUT2D eigenvalue weighted by Gasteiger charge is -2.15. The summed E-state index contributed by atoms with van der Waals surface area (Å²) >= 11 is 1.63. The van der Waals surface area contributed by atoms with E-state index < -0.39 is 6.04 Å². The van der Waals surface area contributed by atoms with Gasteiger partial charge in [-0.2, -0.15) is 11.8 Å². The highest BCUT2D eigenvalue weighted by atomic mass is 32.2. The van der Waals surface area contributed by atoms with Gasteiger partial charge in [0.2, 0.25) is 5.91 Å². The predicted octanol–water partition coefficient (Wildman–Crippen LogP) is 0.807. The molecule has 0 aliphatic rings. The second kappa shape index (κ2) is 7.67. The molecular formula is C9H17NO3S. The predicted molar refractivity (Wildman–Crippen MR) is 57.2 cm³/mol.